The van der Waals surface area contributed by atoms with Crippen molar-refractivity contribution in [2.45, 2.75) is 70.8 Å². The fourth-order valence-corrected chi connectivity index (χ4v) is 6.96. The van der Waals surface area contributed by atoms with Crippen LogP contribution in [0.4, 0.5) is 32.0 Å². The van der Waals surface area contributed by atoms with Gasteiger partial charge >= 0.3 is 12.4 Å². The van der Waals surface area contributed by atoms with Crippen molar-refractivity contribution in [3.05, 3.63) is 63.7 Å². The molecule has 2 aromatic carbocycles. The number of fused-ring (bicyclic) bond motifs is 1. The van der Waals surface area contributed by atoms with E-state index in [2.05, 4.69) is 48.2 Å². The molecule has 3 aliphatic heterocycles. The lowest BCUT2D eigenvalue weighted by atomic mass is 9.93. The third-order valence-electron chi connectivity index (χ3n) is 9.02. The van der Waals surface area contributed by atoms with Crippen molar-refractivity contribution >= 4 is 11.6 Å². The summed E-state index contributed by atoms with van der Waals surface area (Å²) in [6.45, 7) is 6.96. The standard InChI is InChI=1S/C31H42F6N10/c1-19-12-20(2)27-25(13-19)26(6-5-9-46(27)17-21-7-10-45(11-8-21)28(38)40-39-3)47(29-41-43-44(4)42-29)18-22-14-23(30(32,33)34)16-24(15-22)31(35,36)37/h12-16,21,26,29,39,42H,5-11,17-18H2,1-4H3,(H2,38,40). The number of alkyl halides is 6. The number of piperidine rings is 1. The van der Waals surface area contributed by atoms with Gasteiger partial charge in [0.05, 0.1) is 11.1 Å². The third-order valence-corrected chi connectivity index (χ3v) is 9.02. The van der Waals surface area contributed by atoms with E-state index in [9.17, 15) is 26.3 Å². The van der Waals surface area contributed by atoms with Crippen molar-refractivity contribution in [3.63, 3.8) is 0 Å². The second-order valence-corrected chi connectivity index (χ2v) is 12.6. The molecule has 2 unspecified atom stereocenters. The first-order valence-electron chi connectivity index (χ1n) is 15.7. The molecule has 1 fully saturated rings. The maximum atomic E-state index is 13.8. The van der Waals surface area contributed by atoms with E-state index in [1.807, 2.05) is 18.7 Å². The van der Waals surface area contributed by atoms with Crippen molar-refractivity contribution < 1.29 is 26.3 Å². The van der Waals surface area contributed by atoms with Gasteiger partial charge in [-0.05, 0) is 80.3 Å². The number of hydrazine groups is 1. The highest BCUT2D eigenvalue weighted by Crippen LogP contribution is 2.43. The van der Waals surface area contributed by atoms with Crippen LogP contribution in [0.1, 0.15) is 65.1 Å². The number of hydrazone groups is 1. The van der Waals surface area contributed by atoms with Crippen LogP contribution in [0.15, 0.2) is 45.8 Å². The Morgan fingerprint density at radius 3 is 2.23 bits per heavy atom. The molecule has 1 saturated heterocycles. The third kappa shape index (κ3) is 8.03. The number of nitrogens with one attached hydrogen (secondary N) is 2. The van der Waals surface area contributed by atoms with Crippen LogP contribution in [-0.4, -0.2) is 67.4 Å². The molecule has 2 aromatic rings. The zero-order chi connectivity index (χ0) is 34.1. The lowest BCUT2D eigenvalue weighted by Gasteiger charge is -2.38. The summed E-state index contributed by atoms with van der Waals surface area (Å²) in [5.74, 6) is 0.867. The normalized spacial score (nSPS) is 21.4. The molecule has 2 atom stereocenters. The van der Waals surface area contributed by atoms with Gasteiger partial charge < -0.3 is 21.0 Å². The fourth-order valence-electron chi connectivity index (χ4n) is 6.96. The molecule has 0 spiro atoms. The summed E-state index contributed by atoms with van der Waals surface area (Å²) in [6, 6.07) is 5.57. The smallest absolute Gasteiger partial charge is 0.371 e. The van der Waals surface area contributed by atoms with E-state index >= 15 is 0 Å². The number of nitrogens with zero attached hydrogens (tertiary/aromatic N) is 7. The summed E-state index contributed by atoms with van der Waals surface area (Å²) in [5.41, 5.74) is 13.2. The van der Waals surface area contributed by atoms with E-state index in [4.69, 9.17) is 5.73 Å². The van der Waals surface area contributed by atoms with Crippen molar-refractivity contribution in [3.8, 4) is 0 Å². The van der Waals surface area contributed by atoms with Gasteiger partial charge in [0.15, 0.2) is 6.29 Å². The SMILES string of the molecule is CN/N=C(\N)N1CCC(CN2CCCC(N(Cc3cc(C(F)(F)F)cc(C(F)(F)F)c3)C3N=NN(C)N3)c3cc(C)cc(C)c32)CC1. The maximum Gasteiger partial charge on any atom is 0.416 e. The minimum Gasteiger partial charge on any atom is -0.371 e. The minimum atomic E-state index is -4.95. The van der Waals surface area contributed by atoms with Crippen LogP contribution in [0.5, 0.6) is 0 Å². The van der Waals surface area contributed by atoms with Crippen LogP contribution in [0.25, 0.3) is 0 Å². The molecule has 10 nitrogen and oxygen atoms in total. The lowest BCUT2D eigenvalue weighted by molar-refractivity contribution is -0.143. The number of likely N-dealkylation sites (tertiary alicyclic amines) is 1. The topological polar surface area (TPSA) is 100 Å². The fraction of sp³-hybridized carbons (Fsp3) is 0.581. The molecule has 0 aliphatic carbocycles. The van der Waals surface area contributed by atoms with Crippen molar-refractivity contribution in [2.75, 3.05) is 45.2 Å². The number of aryl methyl sites for hydroxylation is 2. The largest absolute Gasteiger partial charge is 0.416 e. The first-order valence-corrected chi connectivity index (χ1v) is 15.7. The Bertz CT molecular complexity index is 1440. The van der Waals surface area contributed by atoms with Gasteiger partial charge in [-0.25, -0.2) is 5.12 Å². The number of hydrogen-bond acceptors (Lipinski definition) is 8. The number of halogens is 6. The second-order valence-electron chi connectivity index (χ2n) is 12.6. The first-order chi connectivity index (χ1) is 22.1. The van der Waals surface area contributed by atoms with Gasteiger partial charge in [0.25, 0.3) is 0 Å². The van der Waals surface area contributed by atoms with Crippen molar-refractivity contribution in [1.29, 1.82) is 0 Å². The monoisotopic (exact) mass is 668 g/mol. The predicted molar refractivity (Wildman–Crippen MR) is 167 cm³/mol. The molecule has 0 saturated carbocycles. The Morgan fingerprint density at radius 1 is 1.00 bits per heavy atom. The van der Waals surface area contributed by atoms with Crippen molar-refractivity contribution in [1.82, 2.24) is 25.8 Å². The molecule has 3 heterocycles. The molecule has 0 aromatic heterocycles. The van der Waals surface area contributed by atoms with Crippen LogP contribution in [-0.2, 0) is 18.9 Å². The highest BCUT2D eigenvalue weighted by atomic mass is 19.4. The Kier molecular flexibility index (Phi) is 10.1. The van der Waals surface area contributed by atoms with Gasteiger partial charge in [0, 0.05) is 58.5 Å². The van der Waals surface area contributed by atoms with Crippen LogP contribution in [0.3, 0.4) is 0 Å². The van der Waals surface area contributed by atoms with E-state index < -0.39 is 29.8 Å². The van der Waals surface area contributed by atoms with Crippen LogP contribution < -0.4 is 21.5 Å². The highest BCUT2D eigenvalue weighted by molar-refractivity contribution is 5.77. The number of hydrogen-bond donors (Lipinski definition) is 3. The van der Waals surface area contributed by atoms with Gasteiger partial charge in [-0.1, -0.05) is 22.9 Å². The van der Waals surface area contributed by atoms with Gasteiger partial charge in [0.1, 0.15) is 0 Å². The second kappa shape index (κ2) is 13.7. The number of anilines is 1. The lowest BCUT2D eigenvalue weighted by Crippen LogP contribution is -2.47. The quantitative estimate of drug-likeness (QED) is 0.150. The molecule has 3 aliphatic rings. The molecule has 0 amide bonds. The molecule has 0 radical (unpaired) electrons. The molecule has 16 heteroatoms. The first kappa shape index (κ1) is 34.5. The average molecular weight is 669 g/mol. The Hall–Kier alpha value is -3.79. The van der Waals surface area contributed by atoms with Crippen LogP contribution in [0, 0.1) is 19.8 Å². The van der Waals surface area contributed by atoms with Crippen LogP contribution in [0.2, 0.25) is 0 Å². The van der Waals surface area contributed by atoms with Crippen LogP contribution >= 0.6 is 0 Å². The Labute approximate surface area is 270 Å². The van der Waals surface area contributed by atoms with Gasteiger partial charge in [-0.2, -0.15) is 31.8 Å². The average Bonchev–Trinajstić information content (AvgIpc) is 3.34. The summed E-state index contributed by atoms with van der Waals surface area (Å²) < 4.78 is 82.8. The minimum absolute atomic E-state index is 0.112. The summed E-state index contributed by atoms with van der Waals surface area (Å²) in [6.07, 6.45) is -7.46. The summed E-state index contributed by atoms with van der Waals surface area (Å²) in [4.78, 5) is 6.28. The summed E-state index contributed by atoms with van der Waals surface area (Å²) in [5, 5.41) is 13.8. The van der Waals surface area contributed by atoms with E-state index in [1.54, 1.807) is 14.1 Å². The molecule has 5 rings (SSSR count). The Balaban J connectivity index is 1.50. The number of guanidine groups is 1. The molecular formula is C31H42F6N10. The van der Waals surface area contributed by atoms with E-state index in [0.717, 1.165) is 80.0 Å². The number of rotatable bonds is 7. The molecule has 47 heavy (non-hydrogen) atoms. The van der Waals surface area contributed by atoms with E-state index in [1.165, 1.54) is 5.12 Å². The van der Waals surface area contributed by atoms with Gasteiger partial charge in [0.2, 0.25) is 5.96 Å². The zero-order valence-corrected chi connectivity index (χ0v) is 27.0. The summed E-state index contributed by atoms with van der Waals surface area (Å²) in [7, 11) is 3.34. The molecular weight excluding hydrogens is 626 g/mol. The van der Waals surface area contributed by atoms with Gasteiger partial charge in [-0.15, -0.1) is 10.2 Å². The van der Waals surface area contributed by atoms with E-state index in [-0.39, 0.29) is 24.2 Å². The molecule has 258 valence electrons. The maximum absolute atomic E-state index is 13.8. The van der Waals surface area contributed by atoms with Crippen molar-refractivity contribution in [2.24, 2.45) is 27.1 Å². The summed E-state index contributed by atoms with van der Waals surface area (Å²) >= 11 is 0. The number of nitrogens with two attached hydrogens (primary N) is 1. The Morgan fingerprint density at radius 2 is 1.66 bits per heavy atom. The predicted octanol–water partition coefficient (Wildman–Crippen LogP) is 5.75. The number of benzene rings is 2. The van der Waals surface area contributed by atoms with E-state index in [0.29, 0.717) is 18.3 Å². The zero-order valence-electron chi connectivity index (χ0n) is 27.0. The molecule has 4 N–H and O–H groups in total. The highest BCUT2D eigenvalue weighted by Gasteiger charge is 2.39. The molecule has 0 bridgehead atoms. The van der Waals surface area contributed by atoms with Gasteiger partial charge in [-0.3, -0.25) is 4.90 Å².